The van der Waals surface area contributed by atoms with E-state index in [4.69, 9.17) is 0 Å². The maximum atomic E-state index is 4.63. The number of unbranched alkanes of at least 4 members (excludes halogenated alkanes) is 1. The van der Waals surface area contributed by atoms with E-state index in [1.165, 1.54) is 11.1 Å². The van der Waals surface area contributed by atoms with Crippen LogP contribution in [-0.4, -0.2) is 26.3 Å². The molecule has 25 heavy (non-hydrogen) atoms. The second-order valence-electron chi connectivity index (χ2n) is 6.02. The summed E-state index contributed by atoms with van der Waals surface area (Å²) in [6.07, 6.45) is 4.04. The molecule has 0 unspecified atom stereocenters. The number of hydrogen-bond donors (Lipinski definition) is 2. The number of aryl methyl sites for hydroxylation is 2. The van der Waals surface area contributed by atoms with E-state index < -0.39 is 0 Å². The van der Waals surface area contributed by atoms with Crippen LogP contribution in [0.25, 0.3) is 11.0 Å². The normalized spacial score (nSPS) is 10.5. The lowest BCUT2D eigenvalue weighted by atomic mass is 10.1. The zero-order valence-corrected chi connectivity index (χ0v) is 15.7. The second kappa shape index (κ2) is 8.67. The van der Waals surface area contributed by atoms with Gasteiger partial charge in [-0.25, -0.2) is 0 Å². The van der Waals surface area contributed by atoms with Crippen molar-refractivity contribution in [3.8, 4) is 0 Å². The van der Waals surface area contributed by atoms with Crippen molar-refractivity contribution in [3.63, 3.8) is 0 Å². The van der Waals surface area contributed by atoms with Crippen LogP contribution < -0.4 is 10.6 Å². The maximum absolute atomic E-state index is 4.63. The third-order valence-electron chi connectivity index (χ3n) is 3.99. The molecule has 0 bridgehead atoms. The highest BCUT2D eigenvalue weighted by atomic mass is 35.5. The summed E-state index contributed by atoms with van der Waals surface area (Å²) in [6, 6.07) is 8.50. The number of anilines is 2. The third kappa shape index (κ3) is 4.60. The van der Waals surface area contributed by atoms with Crippen LogP contribution in [0.3, 0.4) is 0 Å². The van der Waals surface area contributed by atoms with Gasteiger partial charge in [-0.05, 0) is 18.9 Å². The molecule has 0 saturated heterocycles. The lowest BCUT2D eigenvalue weighted by molar-refractivity contribution is 0.783. The van der Waals surface area contributed by atoms with E-state index in [-0.39, 0.29) is 12.4 Å². The van der Waals surface area contributed by atoms with Gasteiger partial charge in [0, 0.05) is 20.1 Å². The van der Waals surface area contributed by atoms with E-state index in [1.54, 1.807) is 4.68 Å². The number of nitrogens with one attached hydrogen (secondary N) is 2. The topological polar surface area (TPSA) is 67.7 Å². The van der Waals surface area contributed by atoms with Gasteiger partial charge in [-0.2, -0.15) is 15.1 Å². The summed E-state index contributed by atoms with van der Waals surface area (Å²) >= 11 is 0. The highest BCUT2D eigenvalue weighted by molar-refractivity contribution is 5.87. The van der Waals surface area contributed by atoms with Crippen molar-refractivity contribution in [2.45, 2.75) is 33.2 Å². The first kappa shape index (κ1) is 19.0. The van der Waals surface area contributed by atoms with E-state index >= 15 is 0 Å². The first-order valence-electron chi connectivity index (χ1n) is 8.40. The minimum absolute atomic E-state index is 0. The van der Waals surface area contributed by atoms with Gasteiger partial charge in [0.2, 0.25) is 5.95 Å². The first-order chi connectivity index (χ1) is 11.7. The summed E-state index contributed by atoms with van der Waals surface area (Å²) in [5.41, 5.74) is 3.31. The monoisotopic (exact) mass is 360 g/mol. The van der Waals surface area contributed by atoms with Gasteiger partial charge in [0.25, 0.3) is 0 Å². The van der Waals surface area contributed by atoms with Crippen molar-refractivity contribution in [2.24, 2.45) is 7.05 Å². The van der Waals surface area contributed by atoms with Gasteiger partial charge < -0.3 is 10.6 Å². The van der Waals surface area contributed by atoms with Gasteiger partial charge in [-0.1, -0.05) is 43.2 Å². The van der Waals surface area contributed by atoms with Crippen molar-refractivity contribution in [1.82, 2.24) is 19.7 Å². The van der Waals surface area contributed by atoms with E-state index in [1.807, 2.05) is 13.2 Å². The highest BCUT2D eigenvalue weighted by Gasteiger charge is 2.11. The minimum atomic E-state index is 0. The van der Waals surface area contributed by atoms with E-state index in [9.17, 15) is 0 Å². The average molecular weight is 361 g/mol. The summed E-state index contributed by atoms with van der Waals surface area (Å²) in [4.78, 5) is 9.20. The number of aromatic nitrogens is 4. The maximum Gasteiger partial charge on any atom is 0.226 e. The fraction of sp³-hybridized carbons (Fsp3) is 0.389. The van der Waals surface area contributed by atoms with E-state index in [2.05, 4.69) is 63.8 Å². The molecule has 0 aliphatic rings. The molecule has 0 spiro atoms. The summed E-state index contributed by atoms with van der Waals surface area (Å²) in [6.45, 7) is 5.85. The first-order valence-corrected chi connectivity index (χ1v) is 8.40. The van der Waals surface area contributed by atoms with Gasteiger partial charge >= 0.3 is 0 Å². The van der Waals surface area contributed by atoms with Crippen LogP contribution in [0.1, 0.15) is 30.9 Å². The predicted octanol–water partition coefficient (Wildman–Crippen LogP) is 3.92. The van der Waals surface area contributed by atoms with Crippen LogP contribution in [0, 0.1) is 6.92 Å². The molecule has 0 aliphatic carbocycles. The molecule has 134 valence electrons. The molecule has 0 aliphatic heterocycles. The minimum Gasteiger partial charge on any atom is -0.365 e. The molecule has 7 heteroatoms. The molecule has 0 fully saturated rings. The molecule has 2 N–H and O–H groups in total. The van der Waals surface area contributed by atoms with E-state index in [0.717, 1.165) is 42.8 Å². The van der Waals surface area contributed by atoms with Crippen LogP contribution >= 0.6 is 12.4 Å². The van der Waals surface area contributed by atoms with Crippen molar-refractivity contribution in [2.75, 3.05) is 17.2 Å². The Bertz CT molecular complexity index is 812. The Balaban J connectivity index is 0.00000225. The highest BCUT2D eigenvalue weighted by Crippen LogP contribution is 2.22. The molecule has 0 amide bonds. The van der Waals surface area contributed by atoms with Crippen LogP contribution in [0.5, 0.6) is 0 Å². The standard InChI is InChI=1S/C18H24N6.ClH/c1-4-5-10-19-18-22-16(15-12-21-24(3)17(15)23-18)20-11-14-8-6-13(2)7-9-14;/h6-9,12H,4-5,10-11H2,1-3H3,(H2,19,20,22,23);1H. The Morgan fingerprint density at radius 2 is 1.84 bits per heavy atom. The van der Waals surface area contributed by atoms with Crippen LogP contribution in [-0.2, 0) is 13.6 Å². The fourth-order valence-electron chi connectivity index (χ4n) is 2.50. The summed E-state index contributed by atoms with van der Waals surface area (Å²) in [7, 11) is 1.90. The lowest BCUT2D eigenvalue weighted by Crippen LogP contribution is -2.09. The summed E-state index contributed by atoms with van der Waals surface area (Å²) in [5, 5.41) is 12.0. The SMILES string of the molecule is CCCCNc1nc(NCc2ccc(C)cc2)c2cnn(C)c2n1.Cl. The number of fused-ring (bicyclic) bond motifs is 1. The van der Waals surface area contributed by atoms with Crippen LogP contribution in [0.2, 0.25) is 0 Å². The van der Waals surface area contributed by atoms with Crippen LogP contribution in [0.4, 0.5) is 11.8 Å². The van der Waals surface area contributed by atoms with Gasteiger partial charge in [0.05, 0.1) is 11.6 Å². The number of halogens is 1. The summed E-state index contributed by atoms with van der Waals surface area (Å²) < 4.78 is 1.78. The van der Waals surface area contributed by atoms with Crippen molar-refractivity contribution < 1.29 is 0 Å². The number of rotatable bonds is 7. The average Bonchev–Trinajstić information content (AvgIpc) is 2.96. The molecule has 6 nitrogen and oxygen atoms in total. The molecular formula is C18H25ClN6. The van der Waals surface area contributed by atoms with Crippen molar-refractivity contribution in [3.05, 3.63) is 41.6 Å². The Labute approximate surface area is 154 Å². The fourth-order valence-corrected chi connectivity index (χ4v) is 2.50. The molecule has 2 aromatic heterocycles. The summed E-state index contributed by atoms with van der Waals surface area (Å²) in [5.74, 6) is 1.46. The van der Waals surface area contributed by atoms with Gasteiger partial charge in [0.15, 0.2) is 5.65 Å². The molecule has 3 aromatic rings. The molecular weight excluding hydrogens is 336 g/mol. The number of benzene rings is 1. The van der Waals surface area contributed by atoms with Crippen molar-refractivity contribution >= 4 is 35.2 Å². The Morgan fingerprint density at radius 3 is 2.56 bits per heavy atom. The van der Waals surface area contributed by atoms with Crippen LogP contribution in [0.15, 0.2) is 30.5 Å². The van der Waals surface area contributed by atoms with Gasteiger partial charge in [0.1, 0.15) is 5.82 Å². The largest absolute Gasteiger partial charge is 0.365 e. The quantitative estimate of drug-likeness (QED) is 0.625. The van der Waals surface area contributed by atoms with Gasteiger partial charge in [-0.15, -0.1) is 12.4 Å². The molecule has 0 atom stereocenters. The number of nitrogens with zero attached hydrogens (tertiary/aromatic N) is 4. The zero-order valence-electron chi connectivity index (χ0n) is 14.9. The molecule has 3 rings (SSSR count). The van der Waals surface area contributed by atoms with Crippen molar-refractivity contribution in [1.29, 1.82) is 0 Å². The Morgan fingerprint density at radius 1 is 1.08 bits per heavy atom. The molecule has 0 saturated carbocycles. The number of hydrogen-bond acceptors (Lipinski definition) is 5. The second-order valence-corrected chi connectivity index (χ2v) is 6.02. The zero-order chi connectivity index (χ0) is 16.9. The smallest absolute Gasteiger partial charge is 0.226 e. The van der Waals surface area contributed by atoms with E-state index in [0.29, 0.717) is 5.95 Å². The molecule has 0 radical (unpaired) electrons. The molecule has 2 heterocycles. The predicted molar refractivity (Wildman–Crippen MR) is 105 cm³/mol. The lowest BCUT2D eigenvalue weighted by Gasteiger charge is -2.10. The molecule has 1 aromatic carbocycles. The Kier molecular flexibility index (Phi) is 6.58. The third-order valence-corrected chi connectivity index (χ3v) is 3.99. The van der Waals surface area contributed by atoms with Gasteiger partial charge in [-0.3, -0.25) is 4.68 Å². The Hall–Kier alpha value is -2.34.